The molecular formula is C10H18O2. The third-order valence-electron chi connectivity index (χ3n) is 2.77. The van der Waals surface area contributed by atoms with E-state index >= 15 is 0 Å². The van der Waals surface area contributed by atoms with Crippen LogP contribution in [0.1, 0.15) is 39.0 Å². The first kappa shape index (κ1) is 9.72. The Morgan fingerprint density at radius 2 is 2.08 bits per heavy atom. The predicted octanol–water partition coefficient (Wildman–Crippen LogP) is 2.17. The van der Waals surface area contributed by atoms with E-state index in [1.807, 2.05) is 6.92 Å². The molecule has 0 heterocycles. The van der Waals surface area contributed by atoms with Gasteiger partial charge in [0.05, 0.1) is 0 Å². The van der Waals surface area contributed by atoms with E-state index in [2.05, 4.69) is 0 Å². The van der Waals surface area contributed by atoms with Gasteiger partial charge < -0.3 is 4.74 Å². The lowest BCUT2D eigenvalue weighted by Gasteiger charge is -2.11. The number of carbonyl (C=O) groups excluding carboxylic acids is 1. The first-order valence-electron chi connectivity index (χ1n) is 4.79. The van der Waals surface area contributed by atoms with Crippen LogP contribution in [0.25, 0.3) is 0 Å². The third-order valence-corrected chi connectivity index (χ3v) is 2.77. The van der Waals surface area contributed by atoms with Gasteiger partial charge in [-0.05, 0) is 12.8 Å². The fraction of sp³-hybridized carbons (Fsp3) is 0.900. The lowest BCUT2D eigenvalue weighted by atomic mass is 9.99. The molecular weight excluding hydrogens is 152 g/mol. The summed E-state index contributed by atoms with van der Waals surface area (Å²) in [6.07, 6.45) is 5.61. The highest BCUT2D eigenvalue weighted by molar-refractivity contribution is 5.82. The van der Waals surface area contributed by atoms with Crippen LogP contribution in [0.5, 0.6) is 0 Å². The number of hydrogen-bond donors (Lipinski definition) is 0. The zero-order valence-electron chi connectivity index (χ0n) is 8.01. The van der Waals surface area contributed by atoms with E-state index in [1.54, 1.807) is 7.11 Å². The molecule has 1 fully saturated rings. The van der Waals surface area contributed by atoms with Crippen LogP contribution in [0.4, 0.5) is 0 Å². The second-order valence-electron chi connectivity index (χ2n) is 3.70. The molecule has 0 N–H and O–H groups in total. The summed E-state index contributed by atoms with van der Waals surface area (Å²) < 4.78 is 4.97. The Kier molecular flexibility index (Phi) is 3.73. The molecule has 0 aromatic carbocycles. The van der Waals surface area contributed by atoms with Gasteiger partial charge in [-0.25, -0.2) is 0 Å². The molecule has 1 atom stereocenters. The fourth-order valence-electron chi connectivity index (χ4n) is 1.80. The maximum Gasteiger partial charge on any atom is 0.161 e. The Labute approximate surface area is 74.3 Å². The molecule has 0 amide bonds. The van der Waals surface area contributed by atoms with Crippen LogP contribution < -0.4 is 0 Å². The van der Waals surface area contributed by atoms with E-state index in [-0.39, 0.29) is 11.9 Å². The molecule has 0 aliphatic heterocycles. The van der Waals surface area contributed by atoms with Crippen LogP contribution in [0.3, 0.4) is 0 Å². The van der Waals surface area contributed by atoms with E-state index in [9.17, 15) is 4.79 Å². The molecule has 12 heavy (non-hydrogen) atoms. The zero-order chi connectivity index (χ0) is 8.97. The fourth-order valence-corrected chi connectivity index (χ4v) is 1.80. The quantitative estimate of drug-likeness (QED) is 0.646. The summed E-state index contributed by atoms with van der Waals surface area (Å²) in [7, 11) is 1.59. The Balaban J connectivity index is 2.25. The molecule has 1 rings (SSSR count). The Hall–Kier alpha value is -0.370. The van der Waals surface area contributed by atoms with Gasteiger partial charge in [0.1, 0.15) is 6.10 Å². The minimum absolute atomic E-state index is 0.203. The molecule has 1 aliphatic carbocycles. The summed E-state index contributed by atoms with van der Waals surface area (Å²) in [6.45, 7) is 1.83. The summed E-state index contributed by atoms with van der Waals surface area (Å²) in [5.41, 5.74) is 0. The van der Waals surface area contributed by atoms with Crippen molar-refractivity contribution in [2.24, 2.45) is 5.92 Å². The van der Waals surface area contributed by atoms with Crippen LogP contribution in [0.15, 0.2) is 0 Å². The number of rotatable bonds is 4. The minimum atomic E-state index is -0.203. The van der Waals surface area contributed by atoms with E-state index in [4.69, 9.17) is 4.74 Å². The number of methoxy groups -OCH3 is 1. The molecule has 0 spiro atoms. The van der Waals surface area contributed by atoms with Gasteiger partial charge in [0.2, 0.25) is 0 Å². The minimum Gasteiger partial charge on any atom is -0.374 e. The smallest absolute Gasteiger partial charge is 0.161 e. The van der Waals surface area contributed by atoms with Crippen molar-refractivity contribution >= 4 is 5.78 Å². The van der Waals surface area contributed by atoms with Gasteiger partial charge >= 0.3 is 0 Å². The molecule has 0 bridgehead atoms. The molecule has 2 nitrogen and oxygen atoms in total. The first-order chi connectivity index (χ1) is 5.74. The third kappa shape index (κ3) is 2.59. The average Bonchev–Trinajstić information content (AvgIpc) is 2.55. The Morgan fingerprint density at radius 1 is 1.50 bits per heavy atom. The predicted molar refractivity (Wildman–Crippen MR) is 48.1 cm³/mol. The molecule has 0 aromatic rings. The number of ketones is 1. The van der Waals surface area contributed by atoms with Crippen LogP contribution in [0.2, 0.25) is 0 Å². The summed E-state index contributed by atoms with van der Waals surface area (Å²) in [6, 6.07) is 0. The lowest BCUT2D eigenvalue weighted by molar-refractivity contribution is -0.128. The summed E-state index contributed by atoms with van der Waals surface area (Å²) in [5.74, 6) is 0.916. The van der Waals surface area contributed by atoms with E-state index < -0.39 is 0 Å². The number of carbonyl (C=O) groups is 1. The number of hydrogen-bond acceptors (Lipinski definition) is 2. The van der Waals surface area contributed by atoms with Crippen LogP contribution in [-0.4, -0.2) is 19.0 Å². The second kappa shape index (κ2) is 4.61. The van der Waals surface area contributed by atoms with Crippen molar-refractivity contribution in [3.8, 4) is 0 Å². The Bertz CT molecular complexity index is 148. The van der Waals surface area contributed by atoms with Crippen molar-refractivity contribution in [2.45, 2.75) is 45.1 Å². The van der Waals surface area contributed by atoms with Crippen molar-refractivity contribution in [1.82, 2.24) is 0 Å². The monoisotopic (exact) mass is 170 g/mol. The molecule has 1 aliphatic rings. The normalized spacial score (nSPS) is 21.2. The maximum atomic E-state index is 11.4. The summed E-state index contributed by atoms with van der Waals surface area (Å²) >= 11 is 0. The molecule has 1 saturated carbocycles. The van der Waals surface area contributed by atoms with Gasteiger partial charge in [0.15, 0.2) is 5.78 Å². The van der Waals surface area contributed by atoms with E-state index in [0.717, 1.165) is 6.42 Å². The van der Waals surface area contributed by atoms with Crippen molar-refractivity contribution in [3.63, 3.8) is 0 Å². The maximum absolute atomic E-state index is 11.4. The van der Waals surface area contributed by atoms with E-state index in [0.29, 0.717) is 5.92 Å². The standard InChI is InChI=1S/C10H18O2/c1-8(12-2)10(11)7-9-5-3-4-6-9/h8-9H,3-7H2,1-2H3. The topological polar surface area (TPSA) is 26.3 Å². The van der Waals surface area contributed by atoms with Crippen molar-refractivity contribution in [3.05, 3.63) is 0 Å². The van der Waals surface area contributed by atoms with Crippen LogP contribution >= 0.6 is 0 Å². The lowest BCUT2D eigenvalue weighted by Crippen LogP contribution is -2.21. The van der Waals surface area contributed by atoms with Crippen molar-refractivity contribution in [2.75, 3.05) is 7.11 Å². The molecule has 0 aromatic heterocycles. The largest absolute Gasteiger partial charge is 0.374 e. The number of ether oxygens (including phenoxy) is 1. The van der Waals surface area contributed by atoms with Gasteiger partial charge in [-0.3, -0.25) is 4.79 Å². The Morgan fingerprint density at radius 3 is 2.58 bits per heavy atom. The van der Waals surface area contributed by atoms with Gasteiger partial charge in [-0.1, -0.05) is 25.7 Å². The van der Waals surface area contributed by atoms with Gasteiger partial charge in [-0.2, -0.15) is 0 Å². The first-order valence-corrected chi connectivity index (χ1v) is 4.79. The van der Waals surface area contributed by atoms with Gasteiger partial charge in [0.25, 0.3) is 0 Å². The molecule has 1 unspecified atom stereocenters. The highest BCUT2D eigenvalue weighted by Gasteiger charge is 2.21. The summed E-state index contributed by atoms with van der Waals surface area (Å²) in [4.78, 5) is 11.4. The van der Waals surface area contributed by atoms with E-state index in [1.165, 1.54) is 25.7 Å². The summed E-state index contributed by atoms with van der Waals surface area (Å²) in [5, 5.41) is 0. The molecule has 0 saturated heterocycles. The molecule has 2 heteroatoms. The second-order valence-corrected chi connectivity index (χ2v) is 3.70. The highest BCUT2D eigenvalue weighted by Crippen LogP contribution is 2.28. The van der Waals surface area contributed by atoms with Crippen LogP contribution in [0, 0.1) is 5.92 Å². The average molecular weight is 170 g/mol. The molecule has 70 valence electrons. The zero-order valence-corrected chi connectivity index (χ0v) is 8.01. The SMILES string of the molecule is COC(C)C(=O)CC1CCCC1. The van der Waals surface area contributed by atoms with Crippen molar-refractivity contribution in [1.29, 1.82) is 0 Å². The number of Topliss-reactive ketones (excluding diaryl/α,β-unsaturated/α-hetero) is 1. The van der Waals surface area contributed by atoms with Gasteiger partial charge in [0, 0.05) is 13.5 Å². The van der Waals surface area contributed by atoms with Crippen LogP contribution in [-0.2, 0) is 9.53 Å². The van der Waals surface area contributed by atoms with Gasteiger partial charge in [-0.15, -0.1) is 0 Å². The molecule has 0 radical (unpaired) electrons. The van der Waals surface area contributed by atoms with Crippen molar-refractivity contribution < 1.29 is 9.53 Å². The highest BCUT2D eigenvalue weighted by atomic mass is 16.5.